The Morgan fingerprint density at radius 1 is 1.47 bits per heavy atom. The number of hydrogen-bond acceptors (Lipinski definition) is 3. The first-order valence-corrected chi connectivity index (χ1v) is 5.53. The van der Waals surface area contributed by atoms with Crippen molar-refractivity contribution in [3.8, 4) is 5.75 Å². The summed E-state index contributed by atoms with van der Waals surface area (Å²) < 4.78 is 7.13. The molecule has 0 amide bonds. The van der Waals surface area contributed by atoms with E-state index in [2.05, 4.69) is 5.10 Å². The number of nitrogens with zero attached hydrogens (tertiary/aromatic N) is 2. The van der Waals surface area contributed by atoms with Crippen LogP contribution in [0.3, 0.4) is 0 Å². The topological polar surface area (TPSA) is 47.3 Å². The maximum atomic E-state index is 9.57. The molecule has 0 aliphatic heterocycles. The lowest BCUT2D eigenvalue weighted by Gasteiger charge is -2.12. The Morgan fingerprint density at radius 3 is 2.88 bits per heavy atom. The first kappa shape index (κ1) is 11.7. The molecule has 0 aliphatic carbocycles. The van der Waals surface area contributed by atoms with Gasteiger partial charge in [0.15, 0.2) is 0 Å². The lowest BCUT2D eigenvalue weighted by molar-refractivity contribution is 0.199. The van der Waals surface area contributed by atoms with E-state index in [4.69, 9.17) is 4.74 Å². The van der Waals surface area contributed by atoms with E-state index in [1.807, 2.05) is 35.1 Å². The third kappa shape index (κ3) is 2.65. The van der Waals surface area contributed by atoms with E-state index in [0.717, 1.165) is 16.9 Å². The summed E-state index contributed by atoms with van der Waals surface area (Å²) in [6.07, 6.45) is 3.16. The highest BCUT2D eigenvalue weighted by Crippen LogP contribution is 2.23. The molecule has 0 saturated heterocycles. The van der Waals surface area contributed by atoms with Gasteiger partial charge >= 0.3 is 0 Å². The van der Waals surface area contributed by atoms with Crippen LogP contribution in [-0.2, 0) is 6.54 Å². The second-order valence-corrected chi connectivity index (χ2v) is 3.95. The van der Waals surface area contributed by atoms with E-state index in [1.54, 1.807) is 20.2 Å². The predicted octanol–water partition coefficient (Wildman–Crippen LogP) is 1.99. The summed E-state index contributed by atoms with van der Waals surface area (Å²) in [5.41, 5.74) is 1.89. The lowest BCUT2D eigenvalue weighted by Crippen LogP contribution is -2.03. The fourth-order valence-corrected chi connectivity index (χ4v) is 1.75. The van der Waals surface area contributed by atoms with Gasteiger partial charge in [-0.2, -0.15) is 5.10 Å². The quantitative estimate of drug-likeness (QED) is 0.877. The predicted molar refractivity (Wildman–Crippen MR) is 65.0 cm³/mol. The largest absolute Gasteiger partial charge is 0.496 e. The number of methoxy groups -OCH3 is 1. The van der Waals surface area contributed by atoms with Crippen molar-refractivity contribution in [3.05, 3.63) is 47.8 Å². The number of ether oxygens (including phenoxy) is 1. The standard InChI is InChI=1S/C13H16N2O2/c1-10(16)11-4-5-13(17-2)12(8-11)9-15-7-3-6-14-15/h3-8,10,16H,9H2,1-2H3. The van der Waals surface area contributed by atoms with Crippen LogP contribution in [0.2, 0.25) is 0 Å². The van der Waals surface area contributed by atoms with Crippen molar-refractivity contribution < 1.29 is 9.84 Å². The zero-order chi connectivity index (χ0) is 12.3. The van der Waals surface area contributed by atoms with Crippen LogP contribution in [0.1, 0.15) is 24.2 Å². The van der Waals surface area contributed by atoms with Gasteiger partial charge in [0.25, 0.3) is 0 Å². The van der Waals surface area contributed by atoms with Crippen LogP contribution in [0.5, 0.6) is 5.75 Å². The number of rotatable bonds is 4. The van der Waals surface area contributed by atoms with Crippen molar-refractivity contribution in [2.45, 2.75) is 19.6 Å². The van der Waals surface area contributed by atoms with Crippen LogP contribution in [0, 0.1) is 0 Å². The highest BCUT2D eigenvalue weighted by Gasteiger charge is 2.08. The Labute approximate surface area is 100 Å². The van der Waals surface area contributed by atoms with Crippen molar-refractivity contribution in [2.24, 2.45) is 0 Å². The SMILES string of the molecule is COc1ccc(C(C)O)cc1Cn1cccn1. The maximum Gasteiger partial charge on any atom is 0.123 e. The number of benzene rings is 1. The van der Waals surface area contributed by atoms with Crippen LogP contribution in [0.4, 0.5) is 0 Å². The number of aliphatic hydroxyl groups excluding tert-OH is 1. The lowest BCUT2D eigenvalue weighted by atomic mass is 10.1. The average Bonchev–Trinajstić information content (AvgIpc) is 2.81. The summed E-state index contributed by atoms with van der Waals surface area (Å²) in [6, 6.07) is 7.58. The molecule has 2 rings (SSSR count). The molecule has 0 aliphatic rings. The molecular weight excluding hydrogens is 216 g/mol. The zero-order valence-corrected chi connectivity index (χ0v) is 10.00. The molecule has 0 saturated carbocycles. The Balaban J connectivity index is 2.32. The Bertz CT molecular complexity index is 478. The molecule has 4 nitrogen and oxygen atoms in total. The number of aliphatic hydroxyl groups is 1. The van der Waals surface area contributed by atoms with E-state index in [9.17, 15) is 5.11 Å². The molecule has 1 aromatic carbocycles. The zero-order valence-electron chi connectivity index (χ0n) is 10.00. The van der Waals surface area contributed by atoms with Crippen molar-refractivity contribution in [1.82, 2.24) is 9.78 Å². The van der Waals surface area contributed by atoms with E-state index in [0.29, 0.717) is 6.54 Å². The molecular formula is C13H16N2O2. The van der Waals surface area contributed by atoms with Gasteiger partial charge < -0.3 is 9.84 Å². The maximum absolute atomic E-state index is 9.57. The van der Waals surface area contributed by atoms with Gasteiger partial charge in [0, 0.05) is 18.0 Å². The Morgan fingerprint density at radius 2 is 2.29 bits per heavy atom. The third-order valence-corrected chi connectivity index (χ3v) is 2.68. The summed E-state index contributed by atoms with van der Waals surface area (Å²) in [6.45, 7) is 2.39. The molecule has 2 aromatic rings. The van der Waals surface area contributed by atoms with Crippen LogP contribution >= 0.6 is 0 Å². The average molecular weight is 232 g/mol. The second-order valence-electron chi connectivity index (χ2n) is 3.95. The molecule has 1 heterocycles. The normalized spacial score (nSPS) is 12.4. The van der Waals surface area contributed by atoms with Crippen LogP contribution in [0.25, 0.3) is 0 Å². The van der Waals surface area contributed by atoms with Crippen molar-refractivity contribution in [1.29, 1.82) is 0 Å². The summed E-state index contributed by atoms with van der Waals surface area (Å²) in [7, 11) is 1.64. The van der Waals surface area contributed by atoms with Crippen molar-refractivity contribution in [2.75, 3.05) is 7.11 Å². The van der Waals surface area contributed by atoms with Crippen LogP contribution in [-0.4, -0.2) is 22.0 Å². The smallest absolute Gasteiger partial charge is 0.123 e. The number of aromatic nitrogens is 2. The molecule has 0 fully saturated rings. The fraction of sp³-hybridized carbons (Fsp3) is 0.308. The Kier molecular flexibility index (Phi) is 3.44. The minimum atomic E-state index is -0.475. The number of hydrogen-bond donors (Lipinski definition) is 1. The molecule has 0 bridgehead atoms. The van der Waals surface area contributed by atoms with Gasteiger partial charge in [0.05, 0.1) is 19.8 Å². The van der Waals surface area contributed by atoms with Gasteiger partial charge in [0.1, 0.15) is 5.75 Å². The summed E-state index contributed by atoms with van der Waals surface area (Å²) in [5.74, 6) is 0.810. The van der Waals surface area contributed by atoms with Gasteiger partial charge in [-0.3, -0.25) is 4.68 Å². The van der Waals surface area contributed by atoms with Gasteiger partial charge in [-0.25, -0.2) is 0 Å². The van der Waals surface area contributed by atoms with E-state index < -0.39 is 6.10 Å². The molecule has 1 N–H and O–H groups in total. The summed E-state index contributed by atoms with van der Waals surface area (Å²) >= 11 is 0. The van der Waals surface area contributed by atoms with Gasteiger partial charge in [-0.05, 0) is 30.7 Å². The fourth-order valence-electron chi connectivity index (χ4n) is 1.75. The first-order valence-electron chi connectivity index (χ1n) is 5.53. The molecule has 0 radical (unpaired) electrons. The van der Waals surface area contributed by atoms with Crippen LogP contribution < -0.4 is 4.74 Å². The highest BCUT2D eigenvalue weighted by molar-refractivity contribution is 5.38. The summed E-state index contributed by atoms with van der Waals surface area (Å²) in [4.78, 5) is 0. The van der Waals surface area contributed by atoms with E-state index in [1.165, 1.54) is 0 Å². The van der Waals surface area contributed by atoms with E-state index >= 15 is 0 Å². The highest BCUT2D eigenvalue weighted by atomic mass is 16.5. The first-order chi connectivity index (χ1) is 8.20. The van der Waals surface area contributed by atoms with E-state index in [-0.39, 0.29) is 0 Å². The van der Waals surface area contributed by atoms with Gasteiger partial charge in [-0.15, -0.1) is 0 Å². The molecule has 0 spiro atoms. The molecule has 17 heavy (non-hydrogen) atoms. The second kappa shape index (κ2) is 5.01. The minimum Gasteiger partial charge on any atom is -0.496 e. The minimum absolute atomic E-state index is 0.475. The van der Waals surface area contributed by atoms with Crippen molar-refractivity contribution in [3.63, 3.8) is 0 Å². The Hall–Kier alpha value is -1.81. The van der Waals surface area contributed by atoms with Gasteiger partial charge in [-0.1, -0.05) is 6.07 Å². The monoisotopic (exact) mass is 232 g/mol. The van der Waals surface area contributed by atoms with Crippen molar-refractivity contribution >= 4 is 0 Å². The van der Waals surface area contributed by atoms with Gasteiger partial charge in [0.2, 0.25) is 0 Å². The molecule has 1 unspecified atom stereocenters. The summed E-state index contributed by atoms with van der Waals surface area (Å²) in [5, 5.41) is 13.7. The van der Waals surface area contributed by atoms with Crippen LogP contribution in [0.15, 0.2) is 36.7 Å². The molecule has 4 heteroatoms. The molecule has 90 valence electrons. The molecule has 1 aromatic heterocycles. The third-order valence-electron chi connectivity index (χ3n) is 2.68. The molecule has 1 atom stereocenters.